The Morgan fingerprint density at radius 2 is 1.82 bits per heavy atom. The smallest absolute Gasteiger partial charge is 0.120 e. The van der Waals surface area contributed by atoms with Crippen LogP contribution in [0, 0.1) is 0 Å². The molecule has 0 spiro atoms. The summed E-state index contributed by atoms with van der Waals surface area (Å²) in [6, 6.07) is 8.48. The Kier molecular flexibility index (Phi) is 5.99. The Morgan fingerprint density at radius 3 is 2.55 bits per heavy atom. The topological polar surface area (TPSA) is 15.7 Å². The molecule has 0 radical (unpaired) electrons. The lowest BCUT2D eigenvalue weighted by molar-refractivity contribution is 0.0858. The van der Waals surface area contributed by atoms with Gasteiger partial charge in [-0.3, -0.25) is 4.90 Å². The number of hydrogen-bond acceptors (Lipinski definition) is 3. The number of rotatable bonds is 5. The van der Waals surface area contributed by atoms with Gasteiger partial charge in [0, 0.05) is 17.6 Å². The van der Waals surface area contributed by atoms with Crippen molar-refractivity contribution in [3.8, 4) is 5.75 Å². The van der Waals surface area contributed by atoms with Gasteiger partial charge in [-0.2, -0.15) is 0 Å². The number of likely N-dealkylation sites (tertiary alicyclic amines) is 2. The molecule has 0 amide bonds. The minimum Gasteiger partial charge on any atom is -0.492 e. The van der Waals surface area contributed by atoms with E-state index in [1.54, 1.807) is 0 Å². The van der Waals surface area contributed by atoms with Gasteiger partial charge >= 0.3 is 0 Å². The van der Waals surface area contributed by atoms with Crippen LogP contribution in [0.15, 0.2) is 24.3 Å². The fourth-order valence-electron chi connectivity index (χ4n) is 3.64. The van der Waals surface area contributed by atoms with Crippen molar-refractivity contribution in [2.75, 3.05) is 39.3 Å². The van der Waals surface area contributed by atoms with Crippen LogP contribution in [0.25, 0.3) is 0 Å². The highest BCUT2D eigenvalue weighted by Gasteiger charge is 2.25. The Labute approximate surface area is 139 Å². The third-order valence-electron chi connectivity index (χ3n) is 4.94. The van der Waals surface area contributed by atoms with Gasteiger partial charge < -0.3 is 9.64 Å². The first-order chi connectivity index (χ1) is 10.8. The van der Waals surface area contributed by atoms with Crippen molar-refractivity contribution in [2.45, 2.75) is 38.1 Å². The number of ether oxygens (including phenoxy) is 1. The van der Waals surface area contributed by atoms with E-state index in [4.69, 9.17) is 16.3 Å². The van der Waals surface area contributed by atoms with Crippen molar-refractivity contribution in [1.82, 2.24) is 9.80 Å². The first-order valence-electron chi connectivity index (χ1n) is 8.66. The van der Waals surface area contributed by atoms with E-state index in [0.29, 0.717) is 0 Å². The van der Waals surface area contributed by atoms with Gasteiger partial charge in [0.2, 0.25) is 0 Å². The molecule has 2 fully saturated rings. The summed E-state index contributed by atoms with van der Waals surface area (Å²) in [6.45, 7) is 6.82. The zero-order chi connectivity index (χ0) is 15.2. The van der Waals surface area contributed by atoms with Gasteiger partial charge in [0.1, 0.15) is 12.4 Å². The molecule has 3 nitrogen and oxygen atoms in total. The first kappa shape index (κ1) is 16.1. The van der Waals surface area contributed by atoms with Gasteiger partial charge in [0.15, 0.2) is 0 Å². The van der Waals surface area contributed by atoms with E-state index in [-0.39, 0.29) is 0 Å². The fraction of sp³-hybridized carbons (Fsp3) is 0.667. The number of piperidine rings is 2. The summed E-state index contributed by atoms with van der Waals surface area (Å²) >= 11 is 5.97. The highest BCUT2D eigenvalue weighted by atomic mass is 35.5. The molecule has 122 valence electrons. The van der Waals surface area contributed by atoms with Crippen LogP contribution < -0.4 is 4.74 Å². The molecule has 2 saturated heterocycles. The maximum Gasteiger partial charge on any atom is 0.120 e. The molecule has 0 aromatic heterocycles. The summed E-state index contributed by atoms with van der Waals surface area (Å²) in [5, 5.41) is 0.736. The molecule has 0 atom stereocenters. The fourth-order valence-corrected chi connectivity index (χ4v) is 3.82. The molecular formula is C18H27ClN2O. The summed E-state index contributed by atoms with van der Waals surface area (Å²) in [5.41, 5.74) is 0. The van der Waals surface area contributed by atoms with Crippen LogP contribution >= 0.6 is 11.6 Å². The Hall–Kier alpha value is -0.770. The highest BCUT2D eigenvalue weighted by molar-refractivity contribution is 6.30. The Morgan fingerprint density at radius 1 is 1.05 bits per heavy atom. The lowest BCUT2D eigenvalue weighted by Gasteiger charge is -2.40. The molecule has 1 aromatic rings. The number of benzene rings is 1. The second-order valence-corrected chi connectivity index (χ2v) is 6.91. The summed E-state index contributed by atoms with van der Waals surface area (Å²) in [5.74, 6) is 0.871. The van der Waals surface area contributed by atoms with Crippen molar-refractivity contribution < 1.29 is 4.74 Å². The number of nitrogens with zero attached hydrogens (tertiary/aromatic N) is 2. The van der Waals surface area contributed by atoms with Crippen molar-refractivity contribution in [2.24, 2.45) is 0 Å². The quantitative estimate of drug-likeness (QED) is 0.822. The maximum absolute atomic E-state index is 5.97. The first-order valence-corrected chi connectivity index (χ1v) is 9.04. The predicted molar refractivity (Wildman–Crippen MR) is 91.8 cm³/mol. The van der Waals surface area contributed by atoms with Gasteiger partial charge in [-0.05, 0) is 70.1 Å². The normalized spacial score (nSPS) is 21.9. The van der Waals surface area contributed by atoms with Gasteiger partial charge in [0.05, 0.1) is 0 Å². The molecule has 0 bridgehead atoms. The van der Waals surface area contributed by atoms with Crippen molar-refractivity contribution in [1.29, 1.82) is 0 Å². The van der Waals surface area contributed by atoms with E-state index in [1.807, 2.05) is 24.3 Å². The summed E-state index contributed by atoms with van der Waals surface area (Å²) in [6.07, 6.45) is 6.85. The minimum atomic E-state index is 0.736. The third kappa shape index (κ3) is 4.61. The standard InChI is InChI=1S/C18H27ClN2O/c19-16-5-4-6-18(15-16)22-14-13-20-11-7-17(8-12-20)21-9-2-1-3-10-21/h4-6,15,17H,1-3,7-14H2. The largest absolute Gasteiger partial charge is 0.492 e. The van der Waals surface area contributed by atoms with E-state index in [2.05, 4.69) is 9.80 Å². The molecular weight excluding hydrogens is 296 g/mol. The van der Waals surface area contributed by atoms with Crippen LogP contribution in [0.3, 0.4) is 0 Å². The molecule has 0 saturated carbocycles. The van der Waals surface area contributed by atoms with Crippen LogP contribution in [-0.2, 0) is 0 Å². The minimum absolute atomic E-state index is 0.736. The molecule has 0 aliphatic carbocycles. The molecule has 0 N–H and O–H groups in total. The number of hydrogen-bond donors (Lipinski definition) is 0. The second-order valence-electron chi connectivity index (χ2n) is 6.48. The summed E-state index contributed by atoms with van der Waals surface area (Å²) in [4.78, 5) is 5.26. The predicted octanol–water partition coefficient (Wildman–Crippen LogP) is 3.67. The van der Waals surface area contributed by atoms with E-state index >= 15 is 0 Å². The molecule has 2 aliphatic heterocycles. The monoisotopic (exact) mass is 322 g/mol. The van der Waals surface area contributed by atoms with Gasteiger partial charge in [0.25, 0.3) is 0 Å². The van der Waals surface area contributed by atoms with Crippen LogP contribution in [0.2, 0.25) is 5.02 Å². The van der Waals surface area contributed by atoms with E-state index in [9.17, 15) is 0 Å². The van der Waals surface area contributed by atoms with E-state index in [0.717, 1.165) is 30.0 Å². The van der Waals surface area contributed by atoms with Crippen LogP contribution in [0.5, 0.6) is 5.75 Å². The van der Waals surface area contributed by atoms with Crippen molar-refractivity contribution in [3.63, 3.8) is 0 Å². The molecule has 3 rings (SSSR count). The lowest BCUT2D eigenvalue weighted by atomic mass is 10.00. The van der Waals surface area contributed by atoms with E-state index in [1.165, 1.54) is 58.3 Å². The highest BCUT2D eigenvalue weighted by Crippen LogP contribution is 2.21. The molecule has 4 heteroatoms. The SMILES string of the molecule is Clc1cccc(OCCN2CCC(N3CCCCC3)CC2)c1. The molecule has 22 heavy (non-hydrogen) atoms. The van der Waals surface area contributed by atoms with Crippen LogP contribution in [-0.4, -0.2) is 55.2 Å². The number of halogens is 1. The van der Waals surface area contributed by atoms with Crippen LogP contribution in [0.4, 0.5) is 0 Å². The molecule has 2 aliphatic rings. The molecule has 0 unspecified atom stereocenters. The average molecular weight is 323 g/mol. The maximum atomic E-state index is 5.97. The summed E-state index contributed by atoms with van der Waals surface area (Å²) in [7, 11) is 0. The Balaban J connectivity index is 1.35. The zero-order valence-electron chi connectivity index (χ0n) is 13.3. The molecule has 1 aromatic carbocycles. The van der Waals surface area contributed by atoms with E-state index < -0.39 is 0 Å². The van der Waals surface area contributed by atoms with Gasteiger partial charge in [-0.1, -0.05) is 24.1 Å². The Bertz CT molecular complexity index is 454. The summed E-state index contributed by atoms with van der Waals surface area (Å²) < 4.78 is 5.80. The lowest BCUT2D eigenvalue weighted by Crippen LogP contribution is -2.47. The zero-order valence-corrected chi connectivity index (χ0v) is 14.1. The van der Waals surface area contributed by atoms with Crippen molar-refractivity contribution in [3.05, 3.63) is 29.3 Å². The van der Waals surface area contributed by atoms with Gasteiger partial charge in [-0.25, -0.2) is 0 Å². The van der Waals surface area contributed by atoms with Crippen LogP contribution in [0.1, 0.15) is 32.1 Å². The van der Waals surface area contributed by atoms with Crippen molar-refractivity contribution >= 4 is 11.6 Å². The third-order valence-corrected chi connectivity index (χ3v) is 5.17. The van der Waals surface area contributed by atoms with Gasteiger partial charge in [-0.15, -0.1) is 0 Å². The molecule has 2 heterocycles. The average Bonchev–Trinajstić information content (AvgIpc) is 2.56. The second kappa shape index (κ2) is 8.19.